The summed E-state index contributed by atoms with van der Waals surface area (Å²) in [4.78, 5) is 0. The maximum Gasteiger partial charge on any atom is 0.231 e. The SMILES string of the molecule is ClN1P(Cl)N=P(Cl)(Cl)N(Cl)P1Cl.P. The fourth-order valence-corrected chi connectivity index (χ4v) is 12.4. The first-order valence-corrected chi connectivity index (χ1v) is 10.7. The normalized spacial score (nSPS) is 34.9. The van der Waals surface area contributed by atoms with Crippen molar-refractivity contribution < 1.29 is 0 Å². The van der Waals surface area contributed by atoms with Crippen molar-refractivity contribution in [3.05, 3.63) is 0 Å². The van der Waals surface area contributed by atoms with Crippen LogP contribution in [0.5, 0.6) is 0 Å². The first-order valence-electron chi connectivity index (χ1n) is 2.21. The molecule has 0 aromatic heterocycles. The second kappa shape index (κ2) is 6.20. The van der Waals surface area contributed by atoms with E-state index >= 15 is 0 Å². The quantitative estimate of drug-likeness (QED) is 0.361. The number of nitrogens with zero attached hydrogens (tertiary/aromatic N) is 3. The molecule has 1 aliphatic heterocycles. The molecule has 1 heterocycles. The number of halogens is 6. The maximum absolute atomic E-state index is 5.78. The lowest BCUT2D eigenvalue weighted by molar-refractivity contribution is 1.06. The Kier molecular flexibility index (Phi) is 7.72. The summed E-state index contributed by atoms with van der Waals surface area (Å²) in [5.74, 6) is -2.74. The van der Waals surface area contributed by atoms with Crippen LogP contribution in [0.15, 0.2) is 4.52 Å². The Labute approximate surface area is 111 Å². The molecule has 0 fully saturated rings. The highest BCUT2D eigenvalue weighted by Crippen LogP contribution is 2.85. The topological polar surface area (TPSA) is 18.8 Å². The summed E-state index contributed by atoms with van der Waals surface area (Å²) in [7, 11) is -2.94. The molecule has 1 aliphatic rings. The van der Waals surface area contributed by atoms with Gasteiger partial charge >= 0.3 is 0 Å². The predicted molar refractivity (Wildman–Crippen MR) is 73.1 cm³/mol. The molecule has 0 amide bonds. The number of hydrogen-bond donors (Lipinski definition) is 0. The van der Waals surface area contributed by atoms with Gasteiger partial charge in [0.05, 0.1) is 0 Å². The average molecular weight is 382 g/mol. The van der Waals surface area contributed by atoms with E-state index in [4.69, 9.17) is 68.5 Å². The van der Waals surface area contributed by atoms with Gasteiger partial charge in [-0.15, -0.1) is 7.92 Å². The molecule has 3 unspecified atom stereocenters. The molecule has 0 aliphatic carbocycles. The van der Waals surface area contributed by atoms with E-state index < -0.39 is 21.1 Å². The maximum atomic E-state index is 5.78. The molecular formula is H3Cl6N3P4. The van der Waals surface area contributed by atoms with Crippen molar-refractivity contribution in [2.24, 2.45) is 4.52 Å². The van der Waals surface area contributed by atoms with Crippen molar-refractivity contribution in [3.8, 4) is 0 Å². The molecule has 0 radical (unpaired) electrons. The van der Waals surface area contributed by atoms with E-state index in [1.807, 2.05) is 0 Å². The molecule has 13 heteroatoms. The molecule has 3 nitrogen and oxygen atoms in total. The van der Waals surface area contributed by atoms with E-state index in [1.54, 1.807) is 0 Å². The molecule has 0 N–H and O–H groups in total. The van der Waals surface area contributed by atoms with Crippen molar-refractivity contribution in [1.82, 2.24) is 7.92 Å². The summed E-state index contributed by atoms with van der Waals surface area (Å²) in [6.07, 6.45) is 0. The molecule has 0 aromatic rings. The standard InChI is InChI=1S/Cl6N3P3.H3P/c1-8-10(3)7-12(5,6)9(2)11(8)4;/h;1H3. The van der Waals surface area contributed by atoms with Crippen LogP contribution in [0.4, 0.5) is 0 Å². The van der Waals surface area contributed by atoms with E-state index in [9.17, 15) is 0 Å². The van der Waals surface area contributed by atoms with Crippen LogP contribution in [0.25, 0.3) is 0 Å². The van der Waals surface area contributed by atoms with Crippen molar-refractivity contribution in [3.63, 3.8) is 0 Å². The fourth-order valence-electron chi connectivity index (χ4n) is 0.365. The first kappa shape index (κ1) is 16.2. The summed E-state index contributed by atoms with van der Waals surface area (Å²) >= 11 is 34.3. The second-order valence-electron chi connectivity index (χ2n) is 1.51. The van der Waals surface area contributed by atoms with Gasteiger partial charge in [0.25, 0.3) is 0 Å². The zero-order valence-electron chi connectivity index (χ0n) is 5.66. The van der Waals surface area contributed by atoms with Crippen molar-refractivity contribution in [2.75, 3.05) is 0 Å². The summed E-state index contributed by atoms with van der Waals surface area (Å²) in [5.41, 5.74) is 0. The zero-order chi connectivity index (χ0) is 9.52. The molecule has 3 atom stereocenters. The molecule has 0 saturated carbocycles. The lowest BCUT2D eigenvalue weighted by Crippen LogP contribution is -2.05. The van der Waals surface area contributed by atoms with Crippen LogP contribution in [0.1, 0.15) is 0 Å². The van der Waals surface area contributed by atoms with Gasteiger partial charge in [-0.25, -0.2) is 4.52 Å². The summed E-state index contributed by atoms with van der Waals surface area (Å²) < 4.78 is 5.98. The minimum atomic E-state index is -2.74. The van der Waals surface area contributed by atoms with Crippen LogP contribution >= 0.6 is 99.5 Å². The van der Waals surface area contributed by atoms with Crippen LogP contribution in [0, 0.1) is 0 Å². The first-order chi connectivity index (χ1) is 5.36. The van der Waals surface area contributed by atoms with Crippen LogP contribution < -0.4 is 0 Å². The van der Waals surface area contributed by atoms with Gasteiger partial charge in [0.1, 0.15) is 0 Å². The van der Waals surface area contributed by atoms with Crippen LogP contribution in [-0.2, 0) is 0 Å². The van der Waals surface area contributed by atoms with Gasteiger partial charge in [0, 0.05) is 0 Å². The number of hydrogen-bond acceptors (Lipinski definition) is 3. The summed E-state index contributed by atoms with van der Waals surface area (Å²) in [5, 5.41) is 0. The monoisotopic (exact) mass is 379 g/mol. The van der Waals surface area contributed by atoms with Gasteiger partial charge in [0.2, 0.25) is 13.5 Å². The Balaban J connectivity index is 0.00000144. The third kappa shape index (κ3) is 3.85. The smallest absolute Gasteiger partial charge is 0.201 e. The Morgan fingerprint density at radius 2 is 1.62 bits per heavy atom. The molecule has 0 aromatic carbocycles. The third-order valence-corrected chi connectivity index (χ3v) is 14.5. The van der Waals surface area contributed by atoms with Gasteiger partial charge in [-0.1, -0.05) is 11.2 Å². The molecule has 13 heavy (non-hydrogen) atoms. The van der Waals surface area contributed by atoms with Gasteiger partial charge in [-0.05, 0) is 57.3 Å². The van der Waals surface area contributed by atoms with E-state index in [0.29, 0.717) is 0 Å². The molecule has 80 valence electrons. The Bertz CT molecular complexity index is 226. The zero-order valence-corrected chi connectivity index (χ0v) is 14.3. The second-order valence-corrected chi connectivity index (χ2v) is 13.1. The molecule has 0 spiro atoms. The highest BCUT2D eigenvalue weighted by atomic mass is 35.9. The largest absolute Gasteiger partial charge is 0.231 e. The number of rotatable bonds is 0. The van der Waals surface area contributed by atoms with Crippen molar-refractivity contribution in [2.45, 2.75) is 0 Å². The highest BCUT2D eigenvalue weighted by Gasteiger charge is 2.41. The molecule has 0 saturated heterocycles. The van der Waals surface area contributed by atoms with Crippen molar-refractivity contribution >= 4 is 99.5 Å². The van der Waals surface area contributed by atoms with Gasteiger partial charge in [-0.2, -0.15) is 9.90 Å². The average Bonchev–Trinajstić information content (AvgIpc) is 1.97. The minimum absolute atomic E-state index is 0. The summed E-state index contributed by atoms with van der Waals surface area (Å²) in [6, 6.07) is 0. The van der Waals surface area contributed by atoms with E-state index in [-0.39, 0.29) is 9.90 Å². The summed E-state index contributed by atoms with van der Waals surface area (Å²) in [6.45, 7) is 0. The van der Waals surface area contributed by atoms with Gasteiger partial charge in [0.15, 0.2) is 7.58 Å². The molecule has 0 bridgehead atoms. The lowest BCUT2D eigenvalue weighted by Gasteiger charge is -2.33. The van der Waals surface area contributed by atoms with E-state index in [2.05, 4.69) is 4.52 Å². The Morgan fingerprint density at radius 1 is 1.15 bits per heavy atom. The Morgan fingerprint density at radius 3 is 2.08 bits per heavy atom. The van der Waals surface area contributed by atoms with Crippen LogP contribution in [-0.4, -0.2) is 7.92 Å². The van der Waals surface area contributed by atoms with Crippen LogP contribution in [0.2, 0.25) is 0 Å². The Hall–Kier alpha value is 3.18. The minimum Gasteiger partial charge on any atom is -0.201 e. The highest BCUT2D eigenvalue weighted by molar-refractivity contribution is 8.18. The predicted octanol–water partition coefficient (Wildman–Crippen LogP) is 6.32. The van der Waals surface area contributed by atoms with E-state index in [1.165, 1.54) is 0 Å². The lowest BCUT2D eigenvalue weighted by atomic mass is 13.8. The fraction of sp³-hybridized carbons (Fsp3) is 0. The van der Waals surface area contributed by atoms with Crippen LogP contribution in [0.3, 0.4) is 0 Å². The third-order valence-electron chi connectivity index (χ3n) is 0.789. The molecular weight excluding hydrogens is 379 g/mol. The van der Waals surface area contributed by atoms with Gasteiger partial charge < -0.3 is 0 Å². The molecule has 1 rings (SSSR count). The van der Waals surface area contributed by atoms with Gasteiger partial charge in [-0.3, -0.25) is 0 Å². The van der Waals surface area contributed by atoms with Crippen molar-refractivity contribution in [1.29, 1.82) is 0 Å². The van der Waals surface area contributed by atoms with E-state index in [0.717, 1.165) is 7.92 Å².